The third-order valence-corrected chi connectivity index (χ3v) is 7.76. The lowest BCUT2D eigenvalue weighted by Crippen LogP contribution is -2.53. The van der Waals surface area contributed by atoms with Crippen LogP contribution in [0.2, 0.25) is 5.02 Å². The molecule has 192 valence electrons. The zero-order valence-electron chi connectivity index (χ0n) is 20.6. The second-order valence-corrected chi connectivity index (χ2v) is 9.65. The molecule has 2 aromatic carbocycles. The van der Waals surface area contributed by atoms with Gasteiger partial charge in [0.25, 0.3) is 0 Å². The van der Waals surface area contributed by atoms with Gasteiger partial charge in [0.2, 0.25) is 5.78 Å². The van der Waals surface area contributed by atoms with Gasteiger partial charge in [-0.2, -0.15) is 0 Å². The molecule has 5 rings (SSSR count). The summed E-state index contributed by atoms with van der Waals surface area (Å²) >= 11 is 6.58. The van der Waals surface area contributed by atoms with E-state index >= 15 is 0 Å². The first-order valence-corrected chi connectivity index (χ1v) is 12.0. The van der Waals surface area contributed by atoms with Crippen molar-refractivity contribution in [1.82, 2.24) is 0 Å². The second-order valence-electron chi connectivity index (χ2n) is 9.28. The van der Waals surface area contributed by atoms with Gasteiger partial charge >= 0.3 is 5.97 Å². The minimum absolute atomic E-state index is 0.0225. The molecule has 2 aromatic rings. The lowest BCUT2D eigenvalue weighted by Gasteiger charge is -2.43. The number of carbonyl (C=O) groups excluding carboxylic acids is 3. The summed E-state index contributed by atoms with van der Waals surface area (Å²) in [6.07, 6.45) is 1.63. The van der Waals surface area contributed by atoms with Gasteiger partial charge in [-0.05, 0) is 23.3 Å². The van der Waals surface area contributed by atoms with E-state index in [0.29, 0.717) is 16.7 Å². The fraction of sp³-hybridized carbons (Fsp3) is 0.321. The van der Waals surface area contributed by atoms with Crippen LogP contribution in [0.25, 0.3) is 0 Å². The third-order valence-electron chi connectivity index (χ3n) is 7.40. The molecule has 0 saturated carbocycles. The Morgan fingerprint density at radius 2 is 1.78 bits per heavy atom. The average molecular weight is 527 g/mol. The van der Waals surface area contributed by atoms with Gasteiger partial charge in [-0.3, -0.25) is 9.59 Å². The van der Waals surface area contributed by atoms with E-state index in [-0.39, 0.29) is 52.0 Å². The summed E-state index contributed by atoms with van der Waals surface area (Å²) in [6.45, 7) is 1.76. The van der Waals surface area contributed by atoms with Crippen molar-refractivity contribution in [2.75, 3.05) is 21.3 Å². The van der Waals surface area contributed by atoms with Gasteiger partial charge < -0.3 is 18.9 Å². The van der Waals surface area contributed by atoms with Crippen molar-refractivity contribution >= 4 is 29.1 Å². The molecular formula is C28H24ClFO7. The molecule has 1 heterocycles. The third kappa shape index (κ3) is 3.57. The number of ether oxygens (including phenoxy) is 4. The van der Waals surface area contributed by atoms with E-state index in [1.165, 1.54) is 39.5 Å². The number of allylic oxidation sites excluding steroid dienone is 2. The Kier molecular flexibility index (Phi) is 6.10. The van der Waals surface area contributed by atoms with Crippen molar-refractivity contribution in [3.63, 3.8) is 0 Å². The van der Waals surface area contributed by atoms with Crippen molar-refractivity contribution in [3.05, 3.63) is 75.1 Å². The molecule has 0 radical (unpaired) electrons. The molecule has 0 amide bonds. The number of hydrogen-bond donors (Lipinski definition) is 0. The molecular weight excluding hydrogens is 503 g/mol. The Hall–Kier alpha value is -3.65. The van der Waals surface area contributed by atoms with E-state index in [2.05, 4.69) is 0 Å². The van der Waals surface area contributed by atoms with Gasteiger partial charge in [0.15, 0.2) is 17.1 Å². The zero-order valence-corrected chi connectivity index (χ0v) is 21.4. The number of hydrogen-bond acceptors (Lipinski definition) is 7. The summed E-state index contributed by atoms with van der Waals surface area (Å²) in [7, 11) is 4.11. The molecule has 2 aliphatic carbocycles. The number of fused-ring (bicyclic) bond motifs is 2. The van der Waals surface area contributed by atoms with Gasteiger partial charge in [0.1, 0.15) is 27.9 Å². The first-order valence-electron chi connectivity index (χ1n) is 11.7. The highest BCUT2D eigenvalue weighted by Crippen LogP contribution is 2.58. The van der Waals surface area contributed by atoms with E-state index in [1.807, 2.05) is 0 Å². The van der Waals surface area contributed by atoms with Gasteiger partial charge in [-0.1, -0.05) is 36.7 Å². The first-order chi connectivity index (χ1) is 17.7. The summed E-state index contributed by atoms with van der Waals surface area (Å²) in [5, 5.41) is 0.101. The van der Waals surface area contributed by atoms with Gasteiger partial charge in [-0.25, -0.2) is 9.18 Å². The van der Waals surface area contributed by atoms with Crippen LogP contribution in [0.4, 0.5) is 4.39 Å². The zero-order chi connectivity index (χ0) is 26.6. The lowest BCUT2D eigenvalue weighted by molar-refractivity contribution is -0.136. The molecule has 1 aliphatic heterocycles. The number of carbonyl (C=O) groups is 3. The van der Waals surface area contributed by atoms with Crippen molar-refractivity contribution < 1.29 is 37.7 Å². The number of esters is 1. The van der Waals surface area contributed by atoms with Crippen LogP contribution in [0.1, 0.15) is 41.6 Å². The molecule has 0 bridgehead atoms. The second kappa shape index (κ2) is 9.03. The highest BCUT2D eigenvalue weighted by atomic mass is 35.5. The standard InChI is InChI=1S/C28H24ClFO7/c1-13-9-19(31)22-17(14-5-7-16(30)8-6-14)10-15(27(33)36-4)11-18(22)28(13)26(32)23-20(34-2)12-21(35-3)24(29)25(23)37-28/h5-8,10,12-13,17H,9,11H2,1-4H3/t13-,17?,28+/m1/s1. The molecule has 3 atom stereocenters. The monoisotopic (exact) mass is 526 g/mol. The number of benzene rings is 2. The predicted octanol–water partition coefficient (Wildman–Crippen LogP) is 5.00. The number of methoxy groups -OCH3 is 3. The Labute approximate surface area is 217 Å². The number of halogens is 2. The SMILES string of the molecule is COC(=O)C1=CC(c2ccc(F)cc2)C2=C(C1)[C@@]1(Oc3c(Cl)c(OC)cc(OC)c3C1=O)[C@H](C)CC2=O. The quantitative estimate of drug-likeness (QED) is 0.518. The Bertz CT molecular complexity index is 1410. The molecule has 7 nitrogen and oxygen atoms in total. The Morgan fingerprint density at radius 1 is 1.11 bits per heavy atom. The number of Topliss-reactive ketones (excluding diaryl/α,β-unsaturated/α-hetero) is 2. The molecule has 9 heteroatoms. The van der Waals surface area contributed by atoms with Crippen molar-refractivity contribution in [1.29, 1.82) is 0 Å². The van der Waals surface area contributed by atoms with E-state index in [9.17, 15) is 18.8 Å². The van der Waals surface area contributed by atoms with Crippen molar-refractivity contribution in [3.8, 4) is 17.2 Å². The maximum absolute atomic E-state index is 14.3. The topological polar surface area (TPSA) is 88.1 Å². The highest BCUT2D eigenvalue weighted by Gasteiger charge is 2.61. The minimum Gasteiger partial charge on any atom is -0.496 e. The average Bonchev–Trinajstić information content (AvgIpc) is 3.21. The van der Waals surface area contributed by atoms with E-state index < -0.39 is 35.0 Å². The van der Waals surface area contributed by atoms with Crippen LogP contribution < -0.4 is 14.2 Å². The van der Waals surface area contributed by atoms with Gasteiger partial charge in [0.05, 0.1) is 21.3 Å². The Balaban J connectivity index is 1.77. The number of ketones is 2. The maximum atomic E-state index is 14.3. The van der Waals surface area contributed by atoms with Crippen LogP contribution >= 0.6 is 11.6 Å². The summed E-state index contributed by atoms with van der Waals surface area (Å²) in [6, 6.07) is 7.18. The fourth-order valence-corrected chi connectivity index (χ4v) is 5.91. The fourth-order valence-electron chi connectivity index (χ4n) is 5.65. The van der Waals surface area contributed by atoms with E-state index in [1.54, 1.807) is 25.1 Å². The smallest absolute Gasteiger partial charge is 0.333 e. The molecule has 0 N–H and O–H groups in total. The Morgan fingerprint density at radius 3 is 2.41 bits per heavy atom. The largest absolute Gasteiger partial charge is 0.496 e. The van der Waals surface area contributed by atoms with Gasteiger partial charge in [0, 0.05) is 41.9 Å². The summed E-state index contributed by atoms with van der Waals surface area (Å²) < 4.78 is 36.0. The maximum Gasteiger partial charge on any atom is 0.333 e. The molecule has 3 aliphatic rings. The van der Waals surface area contributed by atoms with Crippen LogP contribution in [-0.2, 0) is 14.3 Å². The lowest BCUT2D eigenvalue weighted by atomic mass is 9.62. The normalized spacial score (nSPS) is 24.3. The van der Waals surface area contributed by atoms with Crippen LogP contribution in [0.3, 0.4) is 0 Å². The molecule has 0 aromatic heterocycles. The van der Waals surface area contributed by atoms with Crippen LogP contribution in [0.15, 0.2) is 53.1 Å². The molecule has 0 fully saturated rings. The molecule has 0 saturated heterocycles. The summed E-state index contributed by atoms with van der Waals surface area (Å²) in [4.78, 5) is 40.5. The van der Waals surface area contributed by atoms with Crippen molar-refractivity contribution in [2.45, 2.75) is 31.3 Å². The van der Waals surface area contributed by atoms with Crippen molar-refractivity contribution in [2.24, 2.45) is 5.92 Å². The van der Waals surface area contributed by atoms with Crippen LogP contribution in [0.5, 0.6) is 17.2 Å². The van der Waals surface area contributed by atoms with Gasteiger partial charge in [-0.15, -0.1) is 0 Å². The predicted molar refractivity (Wildman–Crippen MR) is 132 cm³/mol. The summed E-state index contributed by atoms with van der Waals surface area (Å²) in [5.74, 6) is -2.34. The number of rotatable bonds is 4. The highest BCUT2D eigenvalue weighted by molar-refractivity contribution is 6.35. The minimum atomic E-state index is -1.61. The van der Waals surface area contributed by atoms with E-state index in [4.69, 9.17) is 30.5 Å². The first kappa shape index (κ1) is 25.0. The van der Waals surface area contributed by atoms with Crippen LogP contribution in [-0.4, -0.2) is 44.5 Å². The van der Waals surface area contributed by atoms with Crippen LogP contribution in [0, 0.1) is 11.7 Å². The van der Waals surface area contributed by atoms with E-state index in [0.717, 1.165) is 0 Å². The summed E-state index contributed by atoms with van der Waals surface area (Å²) in [5.41, 5.74) is 0.107. The molecule has 37 heavy (non-hydrogen) atoms. The molecule has 1 spiro atoms. The molecule has 1 unspecified atom stereocenters.